The fraction of sp³-hybridized carbons (Fsp3) is 0.222. The molecule has 1 rings (SSSR count). The van der Waals surface area contributed by atoms with Gasteiger partial charge >= 0.3 is 5.97 Å². The van der Waals surface area contributed by atoms with Crippen molar-refractivity contribution >= 4 is 27.4 Å². The number of hydrogen-bond donors (Lipinski definition) is 2. The molecule has 0 amide bonds. The summed E-state index contributed by atoms with van der Waals surface area (Å²) in [4.78, 5) is 10.8. The molecule has 94 valence electrons. The molecule has 0 radical (unpaired) electrons. The number of benzene rings is 1. The summed E-state index contributed by atoms with van der Waals surface area (Å²) in [5, 5.41) is 0. The predicted octanol–water partition coefficient (Wildman–Crippen LogP) is 0.323. The maximum Gasteiger partial charge on any atom is 0.322 e. The lowest BCUT2D eigenvalue weighted by molar-refractivity contribution is -0.137. The van der Waals surface area contributed by atoms with Gasteiger partial charge in [0.25, 0.3) is 0 Å². The molecule has 1 aromatic carbocycles. The summed E-state index contributed by atoms with van der Waals surface area (Å²) in [6.07, 6.45) is 0. The number of ether oxygens (including phenoxy) is 1. The van der Waals surface area contributed by atoms with Crippen LogP contribution in [0.25, 0.3) is 0 Å². The molecule has 0 aromatic heterocycles. The number of halogens is 1. The third-order valence-electron chi connectivity index (χ3n) is 1.79. The number of methoxy groups -OCH3 is 1. The van der Waals surface area contributed by atoms with Crippen molar-refractivity contribution in [3.05, 3.63) is 24.0 Å². The molecule has 3 N–H and O–H groups in total. The van der Waals surface area contributed by atoms with E-state index in [1.807, 2.05) is 4.72 Å². The lowest BCUT2D eigenvalue weighted by atomic mass is 10.3. The summed E-state index contributed by atoms with van der Waals surface area (Å²) < 4.78 is 42.2. The van der Waals surface area contributed by atoms with Crippen LogP contribution in [0.15, 0.2) is 18.2 Å². The van der Waals surface area contributed by atoms with Gasteiger partial charge in [-0.3, -0.25) is 9.52 Å². The number of nitrogens with two attached hydrogens (primary N) is 1. The molecule has 0 heterocycles. The van der Waals surface area contributed by atoms with Crippen molar-refractivity contribution in [3.63, 3.8) is 0 Å². The molecule has 8 heteroatoms. The fourth-order valence-electron chi connectivity index (χ4n) is 1.04. The number of sulfonamides is 1. The van der Waals surface area contributed by atoms with Gasteiger partial charge in [0.2, 0.25) is 10.0 Å². The number of nitrogen functional groups attached to an aromatic ring is 1. The Morgan fingerprint density at radius 1 is 1.53 bits per heavy atom. The van der Waals surface area contributed by atoms with E-state index in [1.54, 1.807) is 0 Å². The van der Waals surface area contributed by atoms with Crippen molar-refractivity contribution in [1.82, 2.24) is 0 Å². The Morgan fingerprint density at radius 3 is 2.76 bits per heavy atom. The second kappa shape index (κ2) is 5.00. The van der Waals surface area contributed by atoms with Crippen LogP contribution in [-0.2, 0) is 19.6 Å². The topological polar surface area (TPSA) is 98.5 Å². The minimum Gasteiger partial charge on any atom is -0.468 e. The molecule has 6 nitrogen and oxygen atoms in total. The normalized spacial score (nSPS) is 10.9. The minimum absolute atomic E-state index is 0.196. The average Bonchev–Trinajstić information content (AvgIpc) is 2.22. The molecule has 0 aliphatic heterocycles. The molecule has 0 saturated carbocycles. The van der Waals surface area contributed by atoms with E-state index < -0.39 is 27.6 Å². The maximum atomic E-state index is 13.2. The van der Waals surface area contributed by atoms with Crippen molar-refractivity contribution in [2.75, 3.05) is 23.3 Å². The Hall–Kier alpha value is -1.83. The molecule has 0 bridgehead atoms. The fourth-order valence-corrected chi connectivity index (χ4v) is 2.03. The van der Waals surface area contributed by atoms with Gasteiger partial charge in [0.1, 0.15) is 5.82 Å². The molecular weight excluding hydrogens is 251 g/mol. The summed E-state index contributed by atoms with van der Waals surface area (Å²) in [5.74, 6) is -2.62. The SMILES string of the molecule is COC(=O)CS(=O)(=O)Nc1cc(N)ccc1F. The number of hydrogen-bond acceptors (Lipinski definition) is 5. The van der Waals surface area contributed by atoms with Crippen molar-refractivity contribution in [2.24, 2.45) is 0 Å². The van der Waals surface area contributed by atoms with Gasteiger partial charge in [-0.2, -0.15) is 0 Å². The minimum atomic E-state index is -4.01. The molecule has 0 atom stereocenters. The first-order valence-corrected chi connectivity index (χ1v) is 6.11. The molecule has 0 spiro atoms. The molecule has 0 fully saturated rings. The molecule has 0 aliphatic carbocycles. The highest BCUT2D eigenvalue weighted by Gasteiger charge is 2.18. The van der Waals surface area contributed by atoms with Crippen LogP contribution in [0.2, 0.25) is 0 Å². The van der Waals surface area contributed by atoms with Crippen LogP contribution >= 0.6 is 0 Å². The maximum absolute atomic E-state index is 13.2. The highest BCUT2D eigenvalue weighted by Crippen LogP contribution is 2.18. The second-order valence-corrected chi connectivity index (χ2v) is 4.90. The summed E-state index contributed by atoms with van der Waals surface area (Å²) in [5.41, 5.74) is 5.27. The molecule has 0 unspecified atom stereocenters. The van der Waals surface area contributed by atoms with Crippen LogP contribution in [0.3, 0.4) is 0 Å². The first-order chi connectivity index (χ1) is 7.84. The lowest BCUT2D eigenvalue weighted by Gasteiger charge is -2.08. The monoisotopic (exact) mass is 262 g/mol. The first kappa shape index (κ1) is 13.2. The number of carbonyl (C=O) groups excluding carboxylic acids is 1. The van der Waals surface area contributed by atoms with Crippen LogP contribution in [0.5, 0.6) is 0 Å². The van der Waals surface area contributed by atoms with E-state index in [0.717, 1.165) is 19.2 Å². The average molecular weight is 262 g/mol. The summed E-state index contributed by atoms with van der Waals surface area (Å²) in [6, 6.07) is 3.42. The van der Waals surface area contributed by atoms with E-state index in [2.05, 4.69) is 4.74 Å². The van der Waals surface area contributed by atoms with Crippen molar-refractivity contribution in [3.8, 4) is 0 Å². The number of rotatable bonds is 4. The standard InChI is InChI=1S/C9H11FN2O4S/c1-16-9(13)5-17(14,15)12-8-4-6(11)2-3-7(8)10/h2-4,12H,5,11H2,1H3. The second-order valence-electron chi connectivity index (χ2n) is 3.18. The number of nitrogens with one attached hydrogen (secondary N) is 1. The van der Waals surface area contributed by atoms with Gasteiger partial charge in [0, 0.05) is 5.69 Å². The molecular formula is C9H11FN2O4S. The van der Waals surface area contributed by atoms with E-state index in [-0.39, 0.29) is 11.4 Å². The Bertz CT molecular complexity index is 530. The summed E-state index contributed by atoms with van der Waals surface area (Å²) in [7, 11) is -2.95. The number of carbonyl (C=O) groups is 1. The van der Waals surface area contributed by atoms with E-state index in [1.165, 1.54) is 6.07 Å². The highest BCUT2D eigenvalue weighted by molar-refractivity contribution is 7.93. The van der Waals surface area contributed by atoms with Crippen molar-refractivity contribution < 1.29 is 22.3 Å². The predicted molar refractivity (Wildman–Crippen MR) is 60.2 cm³/mol. The van der Waals surface area contributed by atoms with Crippen molar-refractivity contribution in [1.29, 1.82) is 0 Å². The summed E-state index contributed by atoms with van der Waals surface area (Å²) in [6.45, 7) is 0. The van der Waals surface area contributed by atoms with Gasteiger partial charge in [-0.15, -0.1) is 0 Å². The third-order valence-corrected chi connectivity index (χ3v) is 2.94. The van der Waals surface area contributed by atoms with Gasteiger partial charge in [0.05, 0.1) is 12.8 Å². The van der Waals surface area contributed by atoms with Gasteiger partial charge in [-0.1, -0.05) is 0 Å². The Kier molecular flexibility index (Phi) is 3.89. The van der Waals surface area contributed by atoms with E-state index >= 15 is 0 Å². The molecule has 17 heavy (non-hydrogen) atoms. The zero-order chi connectivity index (χ0) is 13.1. The van der Waals surface area contributed by atoms with Gasteiger partial charge < -0.3 is 10.5 Å². The zero-order valence-corrected chi connectivity index (χ0v) is 9.75. The van der Waals surface area contributed by atoms with Crippen LogP contribution in [0.1, 0.15) is 0 Å². The van der Waals surface area contributed by atoms with Crippen LogP contribution < -0.4 is 10.5 Å². The quantitative estimate of drug-likeness (QED) is 0.601. The Morgan fingerprint density at radius 2 is 2.18 bits per heavy atom. The molecule has 1 aromatic rings. The van der Waals surface area contributed by atoms with Gasteiger partial charge in [0.15, 0.2) is 5.75 Å². The van der Waals surface area contributed by atoms with Gasteiger partial charge in [-0.05, 0) is 18.2 Å². The Balaban J connectivity index is 2.90. The molecule has 0 aliphatic rings. The van der Waals surface area contributed by atoms with Crippen molar-refractivity contribution in [2.45, 2.75) is 0 Å². The Labute approximate surface area is 97.6 Å². The summed E-state index contributed by atoms with van der Waals surface area (Å²) >= 11 is 0. The lowest BCUT2D eigenvalue weighted by Crippen LogP contribution is -2.24. The van der Waals surface area contributed by atoms with E-state index in [4.69, 9.17) is 5.73 Å². The van der Waals surface area contributed by atoms with E-state index in [9.17, 15) is 17.6 Å². The largest absolute Gasteiger partial charge is 0.468 e. The van der Waals surface area contributed by atoms with Crippen LogP contribution in [-0.4, -0.2) is 27.2 Å². The zero-order valence-electron chi connectivity index (χ0n) is 8.94. The smallest absolute Gasteiger partial charge is 0.322 e. The van der Waals surface area contributed by atoms with Gasteiger partial charge in [-0.25, -0.2) is 12.8 Å². The van der Waals surface area contributed by atoms with Crippen LogP contribution in [0, 0.1) is 5.82 Å². The molecule has 0 saturated heterocycles. The van der Waals surface area contributed by atoms with E-state index in [0.29, 0.717) is 0 Å². The first-order valence-electron chi connectivity index (χ1n) is 4.46. The van der Waals surface area contributed by atoms with Crippen LogP contribution in [0.4, 0.5) is 15.8 Å². The highest BCUT2D eigenvalue weighted by atomic mass is 32.2. The number of anilines is 2. The number of esters is 1. The third kappa shape index (κ3) is 3.91.